The van der Waals surface area contributed by atoms with Gasteiger partial charge in [0.2, 0.25) is 6.29 Å². The fourth-order valence-corrected chi connectivity index (χ4v) is 1.38. The van der Waals surface area contributed by atoms with Crippen LogP contribution >= 0.6 is 12.6 Å². The van der Waals surface area contributed by atoms with Crippen molar-refractivity contribution in [2.75, 3.05) is 0 Å². The molecule has 1 N–H and O–H groups in total. The van der Waals surface area contributed by atoms with Crippen LogP contribution in [0.15, 0.2) is 0 Å². The van der Waals surface area contributed by atoms with Gasteiger partial charge < -0.3 is 0 Å². The summed E-state index contributed by atoms with van der Waals surface area (Å²) in [5, 5.41) is 8.70. The van der Waals surface area contributed by atoms with Crippen LogP contribution in [-0.4, -0.2) is 39.5 Å². The Morgan fingerprint density at radius 1 is 1.64 bits per heavy atom. The molecule has 1 rings (SSSR count). The highest BCUT2D eigenvalue weighted by molar-refractivity contribution is 7.84. The number of thiol groups is 1. The lowest BCUT2D eigenvalue weighted by atomic mass is 10.4. The molecule has 0 fully saturated rings. The third kappa shape index (κ3) is 2.75. The molecule has 0 saturated carbocycles. The summed E-state index contributed by atoms with van der Waals surface area (Å²) in [5.74, 6) is -0.922. The van der Waals surface area contributed by atoms with E-state index in [0.29, 0.717) is 0 Å². The van der Waals surface area contributed by atoms with Gasteiger partial charge in [-0.05, 0) is 10.4 Å². The monoisotopic (exact) mass is 237 g/mol. The van der Waals surface area contributed by atoms with Crippen molar-refractivity contribution in [1.29, 1.82) is 0 Å². The van der Waals surface area contributed by atoms with E-state index < -0.39 is 21.2 Å². The molecule has 0 saturated heterocycles. The molecule has 77 valence electrons. The molecule has 0 aliphatic carbocycles. The van der Waals surface area contributed by atoms with E-state index in [0.717, 1.165) is 4.68 Å². The van der Waals surface area contributed by atoms with Crippen LogP contribution in [0, 0.1) is 0 Å². The van der Waals surface area contributed by atoms with Gasteiger partial charge in [0, 0.05) is 0 Å². The molecule has 10 heteroatoms. The first kappa shape index (κ1) is 11.1. The summed E-state index contributed by atoms with van der Waals surface area (Å²) in [5.41, 5.74) is 0. The van der Waals surface area contributed by atoms with E-state index >= 15 is 0 Å². The Labute approximate surface area is 84.5 Å². The van der Waals surface area contributed by atoms with Crippen LogP contribution in [0.4, 0.5) is 0 Å². The molecule has 1 aromatic heterocycles. The highest BCUT2D eigenvalue weighted by atomic mass is 32.2. The minimum absolute atomic E-state index is 0.0963. The first-order valence-electron chi connectivity index (χ1n) is 3.21. The van der Waals surface area contributed by atoms with Crippen molar-refractivity contribution in [2.45, 2.75) is 11.1 Å². The van der Waals surface area contributed by atoms with Crippen LogP contribution in [0.1, 0.15) is 11.1 Å². The van der Waals surface area contributed by atoms with Gasteiger partial charge in [0.25, 0.3) is 10.1 Å². The Morgan fingerprint density at radius 2 is 2.29 bits per heavy atom. The van der Waals surface area contributed by atoms with E-state index in [2.05, 4.69) is 28.2 Å². The van der Waals surface area contributed by atoms with E-state index in [1.165, 1.54) is 6.29 Å². The molecule has 1 radical (unpaired) electrons. The lowest BCUT2D eigenvalue weighted by Gasteiger charge is -2.02. The lowest BCUT2D eigenvalue weighted by molar-refractivity contribution is 0.462. The first-order valence-corrected chi connectivity index (χ1v) is 5.33. The van der Waals surface area contributed by atoms with Crippen molar-refractivity contribution in [3.63, 3.8) is 0 Å². The molecule has 0 amide bonds. The van der Waals surface area contributed by atoms with Gasteiger partial charge in [0.05, 0.1) is 0 Å². The molecule has 1 atom stereocenters. The molecule has 0 spiro atoms. The average molecular weight is 237 g/mol. The third-order valence-electron chi connectivity index (χ3n) is 1.20. The zero-order valence-electron chi connectivity index (χ0n) is 6.60. The number of nitrogens with zero attached hydrogens (tertiary/aromatic N) is 4. The quantitative estimate of drug-likeness (QED) is 0.488. The van der Waals surface area contributed by atoms with Crippen LogP contribution in [0.5, 0.6) is 0 Å². The van der Waals surface area contributed by atoms with Gasteiger partial charge in [-0.15, -0.1) is 5.10 Å². The van der Waals surface area contributed by atoms with Crippen molar-refractivity contribution >= 4 is 29.0 Å². The second-order valence-corrected chi connectivity index (χ2v) is 4.21. The third-order valence-corrected chi connectivity index (χ3v) is 2.11. The maximum Gasteiger partial charge on any atom is 0.285 e. The van der Waals surface area contributed by atoms with Gasteiger partial charge in [-0.25, -0.2) is 4.68 Å². The number of carbonyl (C=O) groups excluding carboxylic acids is 1. The van der Waals surface area contributed by atoms with Crippen LogP contribution in [0.3, 0.4) is 0 Å². The summed E-state index contributed by atoms with van der Waals surface area (Å²) in [7, 11) is -4.25. The molecule has 8 nitrogen and oxygen atoms in total. The normalized spacial score (nSPS) is 13.9. The van der Waals surface area contributed by atoms with Crippen LogP contribution in [0.2, 0.25) is 0 Å². The number of rotatable bonds is 4. The summed E-state index contributed by atoms with van der Waals surface area (Å²) >= 11 is 3.74. The summed E-state index contributed by atoms with van der Waals surface area (Å²) in [4.78, 5) is 10.2. The zero-order chi connectivity index (χ0) is 10.8. The van der Waals surface area contributed by atoms with Crippen LogP contribution < -0.4 is 0 Å². The Bertz CT molecular complexity index is 426. The highest BCUT2D eigenvalue weighted by Crippen LogP contribution is 2.13. The predicted molar refractivity (Wildman–Crippen MR) is 46.8 cm³/mol. The summed E-state index contributed by atoms with van der Waals surface area (Å²) in [6.07, 6.45) is 1.47. The number of tetrazole rings is 1. The summed E-state index contributed by atoms with van der Waals surface area (Å²) in [6, 6.07) is 0. The van der Waals surface area contributed by atoms with E-state index in [1.54, 1.807) is 0 Å². The van der Waals surface area contributed by atoms with E-state index in [1.807, 2.05) is 0 Å². The fraction of sp³-hybridized carbons (Fsp3) is 0.500. The highest BCUT2D eigenvalue weighted by Gasteiger charge is 2.18. The van der Waals surface area contributed by atoms with Gasteiger partial charge in [-0.1, -0.05) is 0 Å². The van der Waals surface area contributed by atoms with Crippen molar-refractivity contribution in [2.24, 2.45) is 0 Å². The number of aromatic nitrogens is 4. The van der Waals surface area contributed by atoms with Crippen LogP contribution in [-0.2, 0) is 20.8 Å². The van der Waals surface area contributed by atoms with E-state index in [-0.39, 0.29) is 5.82 Å². The topological polar surface area (TPSA) is 115 Å². The summed E-state index contributed by atoms with van der Waals surface area (Å²) in [6.45, 7) is 0. The van der Waals surface area contributed by atoms with Gasteiger partial charge in [0.1, 0.15) is 5.25 Å². The smallest absolute Gasteiger partial charge is 0.285 e. The second-order valence-electron chi connectivity index (χ2n) is 2.27. The molecule has 0 aliphatic heterocycles. The van der Waals surface area contributed by atoms with E-state index in [9.17, 15) is 13.2 Å². The van der Waals surface area contributed by atoms with Crippen molar-refractivity contribution in [3.05, 3.63) is 5.82 Å². The predicted octanol–water partition coefficient (Wildman–Crippen LogP) is -1.40. The molecule has 1 heterocycles. The molecular formula is C4H5N4O4S2. The molecule has 0 aromatic carbocycles. The average Bonchev–Trinajstić information content (AvgIpc) is 2.48. The number of hydrogen-bond acceptors (Lipinski definition) is 7. The lowest BCUT2D eigenvalue weighted by Crippen LogP contribution is -2.15. The zero-order valence-corrected chi connectivity index (χ0v) is 8.31. The Balaban J connectivity index is 2.99. The molecule has 0 bridgehead atoms. The minimum Gasteiger partial charge on any atom is -0.289 e. The first-order chi connectivity index (χ1) is 6.44. The van der Waals surface area contributed by atoms with Crippen LogP contribution in [0.25, 0.3) is 0 Å². The summed E-state index contributed by atoms with van der Waals surface area (Å²) < 4.78 is 30.2. The second kappa shape index (κ2) is 4.02. The number of hydrogen-bond donors (Lipinski definition) is 2. The van der Waals surface area contributed by atoms with E-state index in [4.69, 9.17) is 4.55 Å². The van der Waals surface area contributed by atoms with Crippen molar-refractivity contribution in [1.82, 2.24) is 20.2 Å². The fourth-order valence-electron chi connectivity index (χ4n) is 0.707. The van der Waals surface area contributed by atoms with Crippen molar-refractivity contribution < 1.29 is 17.8 Å². The minimum atomic E-state index is -4.25. The molecule has 14 heavy (non-hydrogen) atoms. The maximum atomic E-state index is 10.5. The standard InChI is InChI=1S/C4H5N4O4S2/c9-1-3(13)4-5-6-7-8(4)2-14(10,11)12/h3,13H,2H2,(H,10,11,12). The SMILES string of the molecule is O=[C]C(S)c1nnnn1CS(=O)(=O)O. The Hall–Kier alpha value is -1.00. The van der Waals surface area contributed by atoms with Crippen molar-refractivity contribution in [3.8, 4) is 0 Å². The molecule has 0 aliphatic rings. The Morgan fingerprint density at radius 3 is 2.79 bits per heavy atom. The largest absolute Gasteiger partial charge is 0.289 e. The van der Waals surface area contributed by atoms with Gasteiger partial charge >= 0.3 is 0 Å². The van der Waals surface area contributed by atoms with Gasteiger partial charge in [-0.2, -0.15) is 21.0 Å². The maximum absolute atomic E-state index is 10.5. The molecular weight excluding hydrogens is 232 g/mol. The molecule has 1 aromatic rings. The van der Waals surface area contributed by atoms with Gasteiger partial charge in [0.15, 0.2) is 11.7 Å². The van der Waals surface area contributed by atoms with Gasteiger partial charge in [-0.3, -0.25) is 9.35 Å². The molecule has 1 unspecified atom stereocenters. The Kier molecular flexibility index (Phi) is 3.18.